The van der Waals surface area contributed by atoms with Crippen LogP contribution in [0.3, 0.4) is 0 Å². The van der Waals surface area contributed by atoms with Crippen molar-refractivity contribution in [1.82, 2.24) is 0 Å². The summed E-state index contributed by atoms with van der Waals surface area (Å²) in [4.78, 5) is 0. The summed E-state index contributed by atoms with van der Waals surface area (Å²) >= 11 is 0. The minimum absolute atomic E-state index is 0.560. The lowest BCUT2D eigenvalue weighted by molar-refractivity contribution is 0.216. The molecule has 0 heterocycles. The highest BCUT2D eigenvalue weighted by molar-refractivity contribution is 5.00. The second-order valence-electron chi connectivity index (χ2n) is 4.35. The van der Waals surface area contributed by atoms with Crippen LogP contribution in [-0.4, -0.2) is 0 Å². The maximum absolute atomic E-state index is 2.42. The fourth-order valence-electron chi connectivity index (χ4n) is 1.96. The normalized spacial score (nSPS) is 28.8. The highest BCUT2D eigenvalue weighted by Crippen LogP contribution is 2.39. The molecule has 0 spiro atoms. The van der Waals surface area contributed by atoms with Gasteiger partial charge >= 0.3 is 0 Å². The Morgan fingerprint density at radius 1 is 1.45 bits per heavy atom. The molecule has 1 aliphatic carbocycles. The van der Waals surface area contributed by atoms with Gasteiger partial charge in [0, 0.05) is 0 Å². The van der Waals surface area contributed by atoms with E-state index in [0.29, 0.717) is 5.41 Å². The van der Waals surface area contributed by atoms with Crippen molar-refractivity contribution in [3.8, 4) is 0 Å². The average Bonchev–Trinajstić information content (AvgIpc) is 1.94. The first kappa shape index (κ1) is 8.83. The lowest BCUT2D eigenvalue weighted by Crippen LogP contribution is -2.24. The summed E-state index contributed by atoms with van der Waals surface area (Å²) in [5, 5.41) is 0. The Hall–Kier alpha value is -0.260. The molecule has 11 heavy (non-hydrogen) atoms. The van der Waals surface area contributed by atoms with E-state index in [2.05, 4.69) is 32.9 Å². The van der Waals surface area contributed by atoms with Gasteiger partial charge in [-0.3, -0.25) is 0 Å². The maximum atomic E-state index is 2.42. The summed E-state index contributed by atoms with van der Waals surface area (Å²) < 4.78 is 0. The zero-order chi connectivity index (χ0) is 8.32. The molecule has 0 nitrogen and oxygen atoms in total. The molecule has 0 aliphatic heterocycles. The summed E-state index contributed by atoms with van der Waals surface area (Å²) in [6, 6.07) is 0. The molecule has 1 rings (SSSR count). The van der Waals surface area contributed by atoms with Gasteiger partial charge in [0.1, 0.15) is 0 Å². The van der Waals surface area contributed by atoms with Crippen LogP contribution in [0.2, 0.25) is 0 Å². The van der Waals surface area contributed by atoms with Gasteiger partial charge in [-0.1, -0.05) is 39.3 Å². The molecule has 1 atom stereocenters. The third-order valence-electron chi connectivity index (χ3n) is 2.93. The number of rotatable bonds is 2. The van der Waals surface area contributed by atoms with Crippen molar-refractivity contribution >= 4 is 0 Å². The fraction of sp³-hybridized carbons (Fsp3) is 0.818. The molecule has 0 amide bonds. The molecule has 0 saturated heterocycles. The van der Waals surface area contributed by atoms with E-state index in [-0.39, 0.29) is 0 Å². The largest absolute Gasteiger partial charge is 0.0882 e. The molecule has 0 aromatic rings. The molecular formula is C11H20. The molecule has 0 radical (unpaired) electrons. The predicted octanol–water partition coefficient (Wildman–Crippen LogP) is 3.78. The van der Waals surface area contributed by atoms with E-state index in [1.807, 2.05) is 0 Å². The van der Waals surface area contributed by atoms with Gasteiger partial charge in [-0.25, -0.2) is 0 Å². The standard InChI is InChI=1S/C11H20/c1-4-7-10-8-5-6-9-11(10,2)3/h5,8,10H,4,6-7,9H2,1-3H3. The van der Waals surface area contributed by atoms with Gasteiger partial charge in [0.2, 0.25) is 0 Å². The first-order chi connectivity index (χ1) is 5.17. The maximum Gasteiger partial charge on any atom is -0.0182 e. The Morgan fingerprint density at radius 3 is 2.73 bits per heavy atom. The summed E-state index contributed by atoms with van der Waals surface area (Å²) in [5.41, 5.74) is 0.560. The molecule has 0 N–H and O–H groups in total. The van der Waals surface area contributed by atoms with Crippen molar-refractivity contribution in [3.05, 3.63) is 12.2 Å². The Balaban J connectivity index is 2.58. The lowest BCUT2D eigenvalue weighted by Gasteiger charge is -2.35. The van der Waals surface area contributed by atoms with E-state index in [0.717, 1.165) is 5.92 Å². The van der Waals surface area contributed by atoms with E-state index in [1.54, 1.807) is 0 Å². The van der Waals surface area contributed by atoms with Crippen molar-refractivity contribution in [2.24, 2.45) is 11.3 Å². The smallest absolute Gasteiger partial charge is 0.0182 e. The second kappa shape index (κ2) is 3.42. The van der Waals surface area contributed by atoms with Crippen molar-refractivity contribution in [3.63, 3.8) is 0 Å². The molecule has 1 unspecified atom stereocenters. The minimum Gasteiger partial charge on any atom is -0.0882 e. The van der Waals surface area contributed by atoms with Gasteiger partial charge < -0.3 is 0 Å². The van der Waals surface area contributed by atoms with Crippen LogP contribution in [0.15, 0.2) is 12.2 Å². The van der Waals surface area contributed by atoms with Gasteiger partial charge in [-0.05, 0) is 30.6 Å². The van der Waals surface area contributed by atoms with Crippen molar-refractivity contribution in [2.45, 2.75) is 46.5 Å². The van der Waals surface area contributed by atoms with Crippen LogP contribution in [0.4, 0.5) is 0 Å². The zero-order valence-corrected chi connectivity index (χ0v) is 8.06. The van der Waals surface area contributed by atoms with E-state index < -0.39 is 0 Å². The van der Waals surface area contributed by atoms with Crippen LogP contribution in [0.1, 0.15) is 46.5 Å². The average molecular weight is 152 g/mol. The Kier molecular flexibility index (Phi) is 2.75. The Labute approximate surface area is 70.7 Å². The van der Waals surface area contributed by atoms with Gasteiger partial charge in [0.25, 0.3) is 0 Å². The second-order valence-corrected chi connectivity index (χ2v) is 4.35. The van der Waals surface area contributed by atoms with Crippen LogP contribution >= 0.6 is 0 Å². The molecular weight excluding hydrogens is 132 g/mol. The molecule has 0 bridgehead atoms. The van der Waals surface area contributed by atoms with Crippen molar-refractivity contribution in [1.29, 1.82) is 0 Å². The zero-order valence-electron chi connectivity index (χ0n) is 8.06. The van der Waals surface area contributed by atoms with E-state index >= 15 is 0 Å². The fourth-order valence-corrected chi connectivity index (χ4v) is 1.96. The Bertz CT molecular complexity index is 142. The topological polar surface area (TPSA) is 0 Å². The third kappa shape index (κ3) is 2.08. The third-order valence-corrected chi connectivity index (χ3v) is 2.93. The van der Waals surface area contributed by atoms with Gasteiger partial charge in [-0.2, -0.15) is 0 Å². The molecule has 0 heteroatoms. The summed E-state index contributed by atoms with van der Waals surface area (Å²) in [7, 11) is 0. The first-order valence-electron chi connectivity index (χ1n) is 4.83. The number of hydrogen-bond donors (Lipinski definition) is 0. The summed E-state index contributed by atoms with van der Waals surface area (Å²) in [5.74, 6) is 0.834. The van der Waals surface area contributed by atoms with Gasteiger partial charge in [0.05, 0.1) is 0 Å². The lowest BCUT2D eigenvalue weighted by atomic mass is 9.70. The quantitative estimate of drug-likeness (QED) is 0.528. The molecule has 0 aromatic heterocycles. The predicted molar refractivity (Wildman–Crippen MR) is 50.6 cm³/mol. The highest BCUT2D eigenvalue weighted by Gasteiger charge is 2.27. The van der Waals surface area contributed by atoms with Crippen LogP contribution in [0.25, 0.3) is 0 Å². The van der Waals surface area contributed by atoms with Crippen molar-refractivity contribution in [2.75, 3.05) is 0 Å². The number of allylic oxidation sites excluding steroid dienone is 2. The minimum atomic E-state index is 0.560. The molecule has 64 valence electrons. The van der Waals surface area contributed by atoms with Crippen LogP contribution in [-0.2, 0) is 0 Å². The number of hydrogen-bond acceptors (Lipinski definition) is 0. The van der Waals surface area contributed by atoms with Crippen LogP contribution in [0.5, 0.6) is 0 Å². The monoisotopic (exact) mass is 152 g/mol. The van der Waals surface area contributed by atoms with Gasteiger partial charge in [-0.15, -0.1) is 0 Å². The molecule has 0 saturated carbocycles. The SMILES string of the molecule is CCCC1C=CCCC1(C)C. The van der Waals surface area contributed by atoms with E-state index in [1.165, 1.54) is 25.7 Å². The van der Waals surface area contributed by atoms with Crippen LogP contribution in [0, 0.1) is 11.3 Å². The van der Waals surface area contributed by atoms with Gasteiger partial charge in [0.15, 0.2) is 0 Å². The molecule has 0 fully saturated rings. The van der Waals surface area contributed by atoms with Crippen LogP contribution < -0.4 is 0 Å². The van der Waals surface area contributed by atoms with E-state index in [4.69, 9.17) is 0 Å². The summed E-state index contributed by atoms with van der Waals surface area (Å²) in [6.07, 6.45) is 10.1. The van der Waals surface area contributed by atoms with Crippen molar-refractivity contribution < 1.29 is 0 Å². The first-order valence-corrected chi connectivity index (χ1v) is 4.83. The van der Waals surface area contributed by atoms with E-state index in [9.17, 15) is 0 Å². The highest BCUT2D eigenvalue weighted by atomic mass is 14.3. The summed E-state index contributed by atoms with van der Waals surface area (Å²) in [6.45, 7) is 7.08. The molecule has 1 aliphatic rings. The Morgan fingerprint density at radius 2 is 2.18 bits per heavy atom. The molecule has 0 aromatic carbocycles.